The Morgan fingerprint density at radius 3 is 2.40 bits per heavy atom. The lowest BCUT2D eigenvalue weighted by Crippen LogP contribution is -2.35. The van der Waals surface area contributed by atoms with E-state index < -0.39 is 16.3 Å². The van der Waals surface area contributed by atoms with Crippen LogP contribution in [0.1, 0.15) is 13.8 Å². The molecule has 0 aliphatic rings. The van der Waals surface area contributed by atoms with E-state index in [2.05, 4.69) is 20.7 Å². The molecule has 0 atom stereocenters. The van der Waals surface area contributed by atoms with E-state index in [4.69, 9.17) is 21.1 Å². The number of benzene rings is 1. The molecule has 1 rings (SSSR count). The lowest BCUT2D eigenvalue weighted by molar-refractivity contribution is -0.130. The van der Waals surface area contributed by atoms with Crippen molar-refractivity contribution in [2.75, 3.05) is 19.8 Å². The van der Waals surface area contributed by atoms with Crippen molar-refractivity contribution in [3.8, 4) is 0 Å². The summed E-state index contributed by atoms with van der Waals surface area (Å²) in [5.74, 6) is 0. The molecular formula is C12H17BrClNO4S. The molecule has 0 saturated carbocycles. The normalized spacial score (nSPS) is 12.1. The Balaban J connectivity index is 2.75. The summed E-state index contributed by atoms with van der Waals surface area (Å²) in [4.78, 5) is 0.125. The average Bonchev–Trinajstić information content (AvgIpc) is 2.39. The highest BCUT2D eigenvalue weighted by atomic mass is 79.9. The van der Waals surface area contributed by atoms with Crippen LogP contribution in [-0.4, -0.2) is 34.5 Å². The van der Waals surface area contributed by atoms with E-state index in [1.54, 1.807) is 0 Å². The Morgan fingerprint density at radius 1 is 1.30 bits per heavy atom. The van der Waals surface area contributed by atoms with E-state index in [-0.39, 0.29) is 11.4 Å². The molecule has 8 heteroatoms. The van der Waals surface area contributed by atoms with Crippen LogP contribution in [0.25, 0.3) is 0 Å². The molecule has 0 aliphatic carbocycles. The summed E-state index contributed by atoms with van der Waals surface area (Å²) in [6.07, 6.45) is -0.601. The molecule has 20 heavy (non-hydrogen) atoms. The Bertz CT molecular complexity index is 532. The minimum Gasteiger partial charge on any atom is -0.352 e. The Labute approximate surface area is 132 Å². The maximum atomic E-state index is 12.1. The quantitative estimate of drug-likeness (QED) is 0.698. The summed E-state index contributed by atoms with van der Waals surface area (Å²) >= 11 is 9.03. The topological polar surface area (TPSA) is 64.6 Å². The van der Waals surface area contributed by atoms with Crippen LogP contribution in [0.15, 0.2) is 27.6 Å². The summed E-state index contributed by atoms with van der Waals surface area (Å²) in [6.45, 7) is 4.57. The van der Waals surface area contributed by atoms with Crippen molar-refractivity contribution >= 4 is 37.6 Å². The Kier molecular flexibility index (Phi) is 7.42. The van der Waals surface area contributed by atoms with E-state index in [1.807, 2.05) is 13.8 Å². The van der Waals surface area contributed by atoms with Crippen LogP contribution < -0.4 is 4.72 Å². The SMILES string of the molecule is CCOC(CNS(=O)(=O)c1ccc(Cl)c(Br)c1)OCC. The van der Waals surface area contributed by atoms with Crippen molar-refractivity contribution in [3.63, 3.8) is 0 Å². The van der Waals surface area contributed by atoms with E-state index in [0.717, 1.165) is 0 Å². The van der Waals surface area contributed by atoms with Gasteiger partial charge in [0.25, 0.3) is 0 Å². The Hall–Kier alpha value is -0.180. The van der Waals surface area contributed by atoms with Gasteiger partial charge in [0.05, 0.1) is 16.5 Å². The molecule has 0 radical (unpaired) electrons. The van der Waals surface area contributed by atoms with Crippen LogP contribution in [0.2, 0.25) is 5.02 Å². The Morgan fingerprint density at radius 2 is 1.90 bits per heavy atom. The van der Waals surface area contributed by atoms with Crippen molar-refractivity contribution in [1.82, 2.24) is 4.72 Å². The molecule has 0 aliphatic heterocycles. The molecular weight excluding hydrogens is 370 g/mol. The van der Waals surface area contributed by atoms with Crippen LogP contribution in [-0.2, 0) is 19.5 Å². The zero-order valence-electron chi connectivity index (χ0n) is 11.2. The first-order valence-electron chi connectivity index (χ1n) is 6.08. The molecule has 0 saturated heterocycles. The molecule has 0 heterocycles. The average molecular weight is 387 g/mol. The van der Waals surface area contributed by atoms with Gasteiger partial charge in [0.1, 0.15) is 0 Å². The van der Waals surface area contributed by atoms with Gasteiger partial charge in [-0.3, -0.25) is 0 Å². The van der Waals surface area contributed by atoms with Gasteiger partial charge in [-0.25, -0.2) is 13.1 Å². The van der Waals surface area contributed by atoms with Crippen LogP contribution in [0.3, 0.4) is 0 Å². The number of halogens is 2. The van der Waals surface area contributed by atoms with E-state index in [1.165, 1.54) is 18.2 Å². The van der Waals surface area contributed by atoms with E-state index in [0.29, 0.717) is 22.7 Å². The maximum Gasteiger partial charge on any atom is 0.240 e. The lowest BCUT2D eigenvalue weighted by Gasteiger charge is -2.17. The van der Waals surface area contributed by atoms with Gasteiger partial charge in [-0.2, -0.15) is 0 Å². The summed E-state index contributed by atoms with van der Waals surface area (Å²) < 4.78 is 37.8. The zero-order valence-corrected chi connectivity index (χ0v) is 14.4. The van der Waals surface area contributed by atoms with Gasteiger partial charge in [-0.15, -0.1) is 0 Å². The zero-order chi connectivity index (χ0) is 15.2. The van der Waals surface area contributed by atoms with Gasteiger partial charge in [-0.05, 0) is 48.0 Å². The maximum absolute atomic E-state index is 12.1. The second-order valence-corrected chi connectivity index (χ2v) is 6.80. The molecule has 114 valence electrons. The van der Waals surface area contributed by atoms with Gasteiger partial charge < -0.3 is 9.47 Å². The fourth-order valence-electron chi connectivity index (χ4n) is 1.44. The number of rotatable bonds is 8. The summed E-state index contributed by atoms with van der Waals surface area (Å²) in [6, 6.07) is 4.40. The monoisotopic (exact) mass is 385 g/mol. The van der Waals surface area contributed by atoms with E-state index in [9.17, 15) is 8.42 Å². The largest absolute Gasteiger partial charge is 0.352 e. The third kappa shape index (κ3) is 5.31. The molecule has 0 aromatic heterocycles. The molecule has 0 unspecified atom stereocenters. The van der Waals surface area contributed by atoms with Crippen molar-refractivity contribution in [3.05, 3.63) is 27.7 Å². The molecule has 5 nitrogen and oxygen atoms in total. The highest BCUT2D eigenvalue weighted by Crippen LogP contribution is 2.25. The third-order valence-corrected chi connectivity index (χ3v) is 4.98. The van der Waals surface area contributed by atoms with Crippen molar-refractivity contribution in [2.45, 2.75) is 25.0 Å². The predicted molar refractivity (Wildman–Crippen MR) is 81.4 cm³/mol. The van der Waals surface area contributed by atoms with Crippen LogP contribution >= 0.6 is 27.5 Å². The van der Waals surface area contributed by atoms with Crippen LogP contribution in [0.5, 0.6) is 0 Å². The van der Waals surface area contributed by atoms with Gasteiger partial charge in [0.15, 0.2) is 6.29 Å². The van der Waals surface area contributed by atoms with Crippen LogP contribution in [0, 0.1) is 0 Å². The van der Waals surface area contributed by atoms with Gasteiger partial charge in [0, 0.05) is 17.7 Å². The summed E-state index contributed by atoms with van der Waals surface area (Å²) in [5, 5.41) is 0.449. The number of sulfonamides is 1. The number of ether oxygens (including phenoxy) is 2. The molecule has 0 spiro atoms. The minimum absolute atomic E-state index is 0.0459. The minimum atomic E-state index is -3.63. The second-order valence-electron chi connectivity index (χ2n) is 3.77. The smallest absolute Gasteiger partial charge is 0.240 e. The first-order chi connectivity index (χ1) is 9.40. The van der Waals surface area contributed by atoms with Gasteiger partial charge in [-0.1, -0.05) is 11.6 Å². The third-order valence-electron chi connectivity index (χ3n) is 2.35. The standard InChI is InChI=1S/C12H17BrClNO4S/c1-3-18-12(19-4-2)8-15-20(16,17)9-5-6-11(14)10(13)7-9/h5-7,12,15H,3-4,8H2,1-2H3. The molecule has 0 fully saturated rings. The lowest BCUT2D eigenvalue weighted by atomic mass is 10.4. The summed E-state index contributed by atoms with van der Waals surface area (Å²) in [5.41, 5.74) is 0. The highest BCUT2D eigenvalue weighted by molar-refractivity contribution is 9.10. The summed E-state index contributed by atoms with van der Waals surface area (Å²) in [7, 11) is -3.63. The van der Waals surface area contributed by atoms with Gasteiger partial charge >= 0.3 is 0 Å². The first-order valence-corrected chi connectivity index (χ1v) is 8.74. The molecule has 0 bridgehead atoms. The van der Waals surface area contributed by atoms with Crippen molar-refractivity contribution < 1.29 is 17.9 Å². The van der Waals surface area contributed by atoms with E-state index >= 15 is 0 Å². The number of nitrogens with one attached hydrogen (secondary N) is 1. The fraction of sp³-hybridized carbons (Fsp3) is 0.500. The predicted octanol–water partition coefficient (Wildman–Crippen LogP) is 2.78. The van der Waals surface area contributed by atoms with Crippen LogP contribution in [0.4, 0.5) is 0 Å². The van der Waals surface area contributed by atoms with Gasteiger partial charge in [0.2, 0.25) is 10.0 Å². The van der Waals surface area contributed by atoms with Crippen molar-refractivity contribution in [1.29, 1.82) is 0 Å². The highest BCUT2D eigenvalue weighted by Gasteiger charge is 2.18. The second kappa shape index (κ2) is 8.31. The fourth-order valence-corrected chi connectivity index (χ4v) is 3.13. The molecule has 0 amide bonds. The molecule has 1 N–H and O–H groups in total. The number of hydrogen-bond donors (Lipinski definition) is 1. The molecule has 1 aromatic carbocycles. The first kappa shape index (κ1) is 17.9. The number of hydrogen-bond acceptors (Lipinski definition) is 4. The van der Waals surface area contributed by atoms with Crippen molar-refractivity contribution in [2.24, 2.45) is 0 Å². The molecule has 1 aromatic rings.